The second kappa shape index (κ2) is 8.62. The third-order valence-corrected chi connectivity index (χ3v) is 2.45. The summed E-state index contributed by atoms with van der Waals surface area (Å²) >= 11 is 0. The van der Waals surface area contributed by atoms with Crippen molar-refractivity contribution in [2.75, 3.05) is 19.5 Å². The van der Waals surface area contributed by atoms with Crippen LogP contribution >= 0.6 is 0 Å². The van der Waals surface area contributed by atoms with Crippen molar-refractivity contribution in [3.8, 4) is 0 Å². The summed E-state index contributed by atoms with van der Waals surface area (Å²) in [6.07, 6.45) is -0.544. The highest BCUT2D eigenvalue weighted by molar-refractivity contribution is 5.85. The third-order valence-electron chi connectivity index (χ3n) is 2.45. The maximum Gasteiger partial charge on any atom is 0.411 e. The first kappa shape index (κ1) is 16.5. The molecule has 1 aromatic carbocycles. The van der Waals surface area contributed by atoms with Crippen LogP contribution in [0.3, 0.4) is 0 Å². The Labute approximate surface area is 123 Å². The van der Waals surface area contributed by atoms with Gasteiger partial charge >= 0.3 is 6.09 Å². The smallest absolute Gasteiger partial charge is 0.411 e. The monoisotopic (exact) mass is 293 g/mol. The molecule has 3 N–H and O–H groups in total. The van der Waals surface area contributed by atoms with Crippen molar-refractivity contribution in [3.05, 3.63) is 54.4 Å². The van der Waals surface area contributed by atoms with E-state index >= 15 is 0 Å². The fourth-order valence-corrected chi connectivity index (χ4v) is 1.38. The molecule has 7 nitrogen and oxygen atoms in total. The van der Waals surface area contributed by atoms with Gasteiger partial charge < -0.3 is 4.74 Å². The number of hydrogen-bond donors (Lipinski definition) is 3. The van der Waals surface area contributed by atoms with E-state index in [2.05, 4.69) is 34.2 Å². The summed E-state index contributed by atoms with van der Waals surface area (Å²) < 4.78 is 4.56. The number of nitrogens with one attached hydrogen (secondary N) is 3. The molecule has 21 heavy (non-hydrogen) atoms. The number of carbonyl (C=O) groups excluding carboxylic acids is 1. The van der Waals surface area contributed by atoms with Gasteiger partial charge in [-0.2, -0.15) is 0 Å². The zero-order valence-electron chi connectivity index (χ0n) is 12.1. The summed E-state index contributed by atoms with van der Waals surface area (Å²) in [4.78, 5) is 21.2. The predicted octanol–water partition coefficient (Wildman–Crippen LogP) is 2.06. The maximum atomic E-state index is 11.2. The van der Waals surface area contributed by atoms with E-state index in [-0.39, 0.29) is 6.61 Å². The van der Waals surface area contributed by atoms with Gasteiger partial charge in [-0.3, -0.25) is 26.0 Å². The van der Waals surface area contributed by atoms with Crippen LogP contribution in [0.25, 0.3) is 0 Å². The number of ether oxygens (including phenoxy) is 1. The molecule has 1 aromatic rings. The largest absolute Gasteiger partial charge is 0.453 e. The molecule has 0 fully saturated rings. The Kier molecular flexibility index (Phi) is 6.79. The van der Waals surface area contributed by atoms with E-state index in [1.807, 2.05) is 12.1 Å². The topological polar surface area (TPSA) is 80.9 Å². The Morgan fingerprint density at radius 3 is 2.48 bits per heavy atom. The summed E-state index contributed by atoms with van der Waals surface area (Å²) in [7, 11) is 2.77. The molecule has 0 aromatic heterocycles. The van der Waals surface area contributed by atoms with E-state index in [4.69, 9.17) is 9.68 Å². The van der Waals surface area contributed by atoms with E-state index in [0.29, 0.717) is 17.1 Å². The number of amides is 1. The molecule has 0 aliphatic carbocycles. The molecule has 0 saturated heterocycles. The molecule has 0 spiro atoms. The second-order valence-corrected chi connectivity index (χ2v) is 3.93. The number of benzene rings is 1. The number of anilines is 1. The lowest BCUT2D eigenvalue weighted by atomic mass is 10.2. The number of methoxy groups -OCH3 is 1. The number of para-hydroxylation sites is 1. The fourth-order valence-electron chi connectivity index (χ4n) is 1.38. The first-order valence-corrected chi connectivity index (χ1v) is 6.06. The van der Waals surface area contributed by atoms with E-state index in [0.717, 1.165) is 5.56 Å². The molecule has 114 valence electrons. The molecule has 0 radical (unpaired) electrons. The number of rotatable bonds is 8. The van der Waals surface area contributed by atoms with Crippen LogP contribution in [-0.2, 0) is 21.0 Å². The first-order valence-electron chi connectivity index (χ1n) is 6.06. The molecule has 0 unspecified atom stereocenters. The minimum absolute atomic E-state index is 0.208. The highest BCUT2D eigenvalue weighted by atomic mass is 16.6. The Bertz CT molecular complexity index is 517. The fraction of sp³-hybridized carbons (Fsp3) is 0.214. The standard InChI is InChI=1S/C14H19N3O4/c1-10(16-20-4)11(2)17-21-9-12-7-5-6-8-13(12)15-14(18)19-3/h5-8,16-17H,1-2,9H2,3-4H3,(H,15,18). The van der Waals surface area contributed by atoms with Crippen molar-refractivity contribution in [3.63, 3.8) is 0 Å². The van der Waals surface area contributed by atoms with Gasteiger partial charge in [-0.05, 0) is 6.07 Å². The summed E-state index contributed by atoms with van der Waals surface area (Å²) in [5.74, 6) is 0. The van der Waals surface area contributed by atoms with Gasteiger partial charge in [-0.1, -0.05) is 31.4 Å². The van der Waals surface area contributed by atoms with Crippen LogP contribution in [0.1, 0.15) is 5.56 Å². The minimum Gasteiger partial charge on any atom is -0.453 e. The molecule has 0 aliphatic rings. The summed E-state index contributed by atoms with van der Waals surface area (Å²) in [6.45, 7) is 7.61. The lowest BCUT2D eigenvalue weighted by Crippen LogP contribution is -2.22. The average molecular weight is 293 g/mol. The lowest BCUT2D eigenvalue weighted by Gasteiger charge is -2.14. The molecule has 0 heterocycles. The van der Waals surface area contributed by atoms with Gasteiger partial charge in [0.1, 0.15) is 6.61 Å². The summed E-state index contributed by atoms with van der Waals surface area (Å²) in [5.41, 5.74) is 7.40. The van der Waals surface area contributed by atoms with Crippen molar-refractivity contribution in [2.45, 2.75) is 6.61 Å². The Balaban J connectivity index is 2.54. The van der Waals surface area contributed by atoms with Crippen LogP contribution in [0, 0.1) is 0 Å². The number of carbonyl (C=O) groups is 1. The molecule has 0 saturated carbocycles. The highest BCUT2D eigenvalue weighted by Gasteiger charge is 2.07. The SMILES string of the molecule is C=C(NOC)C(=C)NOCc1ccccc1NC(=O)OC. The van der Waals surface area contributed by atoms with Crippen molar-refractivity contribution in [1.29, 1.82) is 0 Å². The van der Waals surface area contributed by atoms with Crippen molar-refractivity contribution in [1.82, 2.24) is 11.0 Å². The maximum absolute atomic E-state index is 11.2. The quantitative estimate of drug-likeness (QED) is 0.503. The van der Waals surface area contributed by atoms with Crippen LogP contribution in [0.5, 0.6) is 0 Å². The Morgan fingerprint density at radius 1 is 1.14 bits per heavy atom. The van der Waals surface area contributed by atoms with E-state index in [1.54, 1.807) is 12.1 Å². The lowest BCUT2D eigenvalue weighted by molar-refractivity contribution is 0.0459. The van der Waals surface area contributed by atoms with Gasteiger partial charge in [0.25, 0.3) is 0 Å². The van der Waals surface area contributed by atoms with Gasteiger partial charge in [0.05, 0.1) is 25.6 Å². The molecule has 7 heteroatoms. The van der Waals surface area contributed by atoms with Crippen LogP contribution in [0.4, 0.5) is 10.5 Å². The first-order chi connectivity index (χ1) is 10.1. The van der Waals surface area contributed by atoms with Gasteiger partial charge in [0.15, 0.2) is 0 Å². The second-order valence-electron chi connectivity index (χ2n) is 3.93. The van der Waals surface area contributed by atoms with E-state index < -0.39 is 6.09 Å². The van der Waals surface area contributed by atoms with Crippen molar-refractivity contribution < 1.29 is 19.2 Å². The van der Waals surface area contributed by atoms with Crippen LogP contribution in [-0.4, -0.2) is 20.3 Å². The molecule has 0 aliphatic heterocycles. The normalized spacial score (nSPS) is 9.62. The molecular weight excluding hydrogens is 274 g/mol. The van der Waals surface area contributed by atoms with Gasteiger partial charge in [-0.15, -0.1) is 0 Å². The van der Waals surface area contributed by atoms with Crippen molar-refractivity contribution >= 4 is 11.8 Å². The average Bonchev–Trinajstić information content (AvgIpc) is 2.48. The minimum atomic E-state index is -0.544. The molecule has 1 amide bonds. The van der Waals surface area contributed by atoms with Gasteiger partial charge in [0.2, 0.25) is 0 Å². The third kappa shape index (κ3) is 5.55. The van der Waals surface area contributed by atoms with Crippen LogP contribution in [0.2, 0.25) is 0 Å². The molecular formula is C14H19N3O4. The van der Waals surface area contributed by atoms with Gasteiger partial charge in [-0.25, -0.2) is 4.79 Å². The van der Waals surface area contributed by atoms with E-state index in [1.165, 1.54) is 14.2 Å². The summed E-state index contributed by atoms with van der Waals surface area (Å²) in [6, 6.07) is 7.20. The molecule has 1 rings (SSSR count). The highest BCUT2D eigenvalue weighted by Crippen LogP contribution is 2.16. The van der Waals surface area contributed by atoms with Crippen molar-refractivity contribution in [2.24, 2.45) is 0 Å². The van der Waals surface area contributed by atoms with E-state index in [9.17, 15) is 4.79 Å². The van der Waals surface area contributed by atoms with Gasteiger partial charge in [0, 0.05) is 11.3 Å². The Morgan fingerprint density at radius 2 is 1.81 bits per heavy atom. The zero-order chi connectivity index (χ0) is 15.7. The van der Waals surface area contributed by atoms with Crippen LogP contribution in [0.15, 0.2) is 48.8 Å². The number of hydroxylamine groups is 2. The molecule has 0 atom stereocenters. The summed E-state index contributed by atoms with van der Waals surface area (Å²) in [5, 5.41) is 2.60. The zero-order valence-corrected chi connectivity index (χ0v) is 12.1. The molecule has 0 bridgehead atoms. The number of hydrogen-bond acceptors (Lipinski definition) is 6. The Hall–Kier alpha value is -2.51. The van der Waals surface area contributed by atoms with Crippen LogP contribution < -0.4 is 16.3 Å². The predicted molar refractivity (Wildman–Crippen MR) is 78.8 cm³/mol.